The molecule has 17 heavy (non-hydrogen) atoms. The Bertz CT molecular complexity index is 310. The fourth-order valence-electron chi connectivity index (χ4n) is 1.63. The van der Waals surface area contributed by atoms with Crippen LogP contribution in [0.3, 0.4) is 0 Å². The lowest BCUT2D eigenvalue weighted by Crippen LogP contribution is -2.05. The zero-order valence-electron chi connectivity index (χ0n) is 11.3. The van der Waals surface area contributed by atoms with Crippen LogP contribution < -0.4 is 10.6 Å². The zero-order chi connectivity index (χ0) is 12.5. The van der Waals surface area contributed by atoms with Gasteiger partial charge in [0.1, 0.15) is 5.82 Å². The molecule has 0 aliphatic rings. The summed E-state index contributed by atoms with van der Waals surface area (Å²) in [5.41, 5.74) is 1.15. The number of aromatic nitrogens is 1. The first-order valence-electron chi connectivity index (χ1n) is 6.66. The van der Waals surface area contributed by atoms with Gasteiger partial charge in [-0.3, -0.25) is 0 Å². The van der Waals surface area contributed by atoms with E-state index in [1.807, 2.05) is 12.3 Å². The van der Waals surface area contributed by atoms with Gasteiger partial charge in [0, 0.05) is 31.0 Å². The molecule has 0 radical (unpaired) electrons. The van der Waals surface area contributed by atoms with Crippen LogP contribution in [0.5, 0.6) is 0 Å². The highest BCUT2D eigenvalue weighted by molar-refractivity contribution is 5.51. The predicted octanol–water partition coefficient (Wildman–Crippen LogP) is 3.75. The molecular weight excluding hydrogens is 210 g/mol. The SMILES string of the molecule is CCCNc1cc(NCCCC(C)C)ccn1. The third-order valence-corrected chi connectivity index (χ3v) is 2.60. The molecule has 96 valence electrons. The monoisotopic (exact) mass is 235 g/mol. The third kappa shape index (κ3) is 6.15. The minimum atomic E-state index is 0.788. The second-order valence-electron chi connectivity index (χ2n) is 4.82. The van der Waals surface area contributed by atoms with Gasteiger partial charge in [-0.15, -0.1) is 0 Å². The normalized spacial score (nSPS) is 10.6. The van der Waals surface area contributed by atoms with Crippen molar-refractivity contribution in [2.75, 3.05) is 23.7 Å². The fraction of sp³-hybridized carbons (Fsp3) is 0.643. The quantitative estimate of drug-likeness (QED) is 0.674. The highest BCUT2D eigenvalue weighted by Crippen LogP contribution is 2.12. The lowest BCUT2D eigenvalue weighted by Gasteiger charge is -2.09. The number of nitrogens with zero attached hydrogens (tertiary/aromatic N) is 1. The molecule has 0 bridgehead atoms. The molecule has 1 rings (SSSR count). The molecule has 0 saturated heterocycles. The van der Waals surface area contributed by atoms with Crippen LogP contribution in [0, 0.1) is 5.92 Å². The van der Waals surface area contributed by atoms with Crippen LogP contribution in [0.4, 0.5) is 11.5 Å². The van der Waals surface area contributed by atoms with Crippen molar-refractivity contribution in [3.8, 4) is 0 Å². The summed E-state index contributed by atoms with van der Waals surface area (Å²) < 4.78 is 0. The molecule has 0 amide bonds. The Hall–Kier alpha value is -1.25. The Morgan fingerprint density at radius 1 is 1.24 bits per heavy atom. The zero-order valence-corrected chi connectivity index (χ0v) is 11.3. The first-order chi connectivity index (χ1) is 8.22. The van der Waals surface area contributed by atoms with Gasteiger partial charge in [0.2, 0.25) is 0 Å². The van der Waals surface area contributed by atoms with Crippen LogP contribution >= 0.6 is 0 Å². The van der Waals surface area contributed by atoms with Gasteiger partial charge in [-0.05, 0) is 31.2 Å². The largest absolute Gasteiger partial charge is 0.385 e. The molecule has 0 atom stereocenters. The lowest BCUT2D eigenvalue weighted by atomic mass is 10.1. The number of anilines is 2. The average Bonchev–Trinajstić information content (AvgIpc) is 2.32. The highest BCUT2D eigenvalue weighted by atomic mass is 15.0. The average molecular weight is 235 g/mol. The van der Waals surface area contributed by atoms with E-state index in [-0.39, 0.29) is 0 Å². The third-order valence-electron chi connectivity index (χ3n) is 2.60. The Morgan fingerprint density at radius 2 is 2.06 bits per heavy atom. The van der Waals surface area contributed by atoms with Crippen LogP contribution in [-0.4, -0.2) is 18.1 Å². The molecule has 0 unspecified atom stereocenters. The van der Waals surface area contributed by atoms with E-state index in [9.17, 15) is 0 Å². The van der Waals surface area contributed by atoms with Crippen LogP contribution in [0.15, 0.2) is 18.3 Å². The van der Waals surface area contributed by atoms with Gasteiger partial charge in [-0.25, -0.2) is 4.98 Å². The van der Waals surface area contributed by atoms with Gasteiger partial charge >= 0.3 is 0 Å². The first kappa shape index (κ1) is 13.8. The maximum absolute atomic E-state index is 4.28. The summed E-state index contributed by atoms with van der Waals surface area (Å²) >= 11 is 0. The summed E-state index contributed by atoms with van der Waals surface area (Å²) in [5.74, 6) is 1.75. The van der Waals surface area contributed by atoms with Crippen LogP contribution in [0.25, 0.3) is 0 Å². The van der Waals surface area contributed by atoms with Gasteiger partial charge < -0.3 is 10.6 Å². The maximum atomic E-state index is 4.28. The summed E-state index contributed by atoms with van der Waals surface area (Å²) in [5, 5.41) is 6.73. The van der Waals surface area contributed by atoms with E-state index in [4.69, 9.17) is 0 Å². The fourth-order valence-corrected chi connectivity index (χ4v) is 1.63. The first-order valence-corrected chi connectivity index (χ1v) is 6.66. The molecule has 0 fully saturated rings. The molecule has 0 aliphatic carbocycles. The number of nitrogens with one attached hydrogen (secondary N) is 2. The Kier molecular flexibility index (Phi) is 6.45. The van der Waals surface area contributed by atoms with E-state index in [1.54, 1.807) is 0 Å². The second kappa shape index (κ2) is 7.93. The van der Waals surface area contributed by atoms with E-state index in [0.717, 1.165) is 36.9 Å². The molecule has 3 nitrogen and oxygen atoms in total. The molecular formula is C14H25N3. The molecule has 2 N–H and O–H groups in total. The van der Waals surface area contributed by atoms with E-state index in [2.05, 4.69) is 42.5 Å². The van der Waals surface area contributed by atoms with Crippen LogP contribution in [-0.2, 0) is 0 Å². The predicted molar refractivity (Wildman–Crippen MR) is 75.6 cm³/mol. The summed E-state index contributed by atoms with van der Waals surface area (Å²) in [4.78, 5) is 4.28. The van der Waals surface area contributed by atoms with Crippen molar-refractivity contribution in [1.29, 1.82) is 0 Å². The standard InChI is InChI=1S/C14H25N3/c1-4-8-16-14-11-13(7-10-17-14)15-9-5-6-12(2)3/h7,10-12H,4-6,8-9H2,1-3H3,(H2,15,16,17). The van der Waals surface area contributed by atoms with Crippen molar-refractivity contribution in [1.82, 2.24) is 4.98 Å². The summed E-state index contributed by atoms with van der Waals surface area (Å²) in [6, 6.07) is 4.09. The molecule has 1 aromatic heterocycles. The van der Waals surface area contributed by atoms with E-state index < -0.39 is 0 Å². The van der Waals surface area contributed by atoms with E-state index >= 15 is 0 Å². The maximum Gasteiger partial charge on any atom is 0.127 e. The smallest absolute Gasteiger partial charge is 0.127 e. The number of hydrogen-bond acceptors (Lipinski definition) is 3. The molecule has 0 saturated carbocycles. The van der Waals surface area contributed by atoms with Gasteiger partial charge in [-0.1, -0.05) is 20.8 Å². The van der Waals surface area contributed by atoms with Crippen molar-refractivity contribution in [2.24, 2.45) is 5.92 Å². The number of pyridine rings is 1. The molecule has 0 spiro atoms. The van der Waals surface area contributed by atoms with Crippen molar-refractivity contribution in [2.45, 2.75) is 40.0 Å². The van der Waals surface area contributed by atoms with Crippen LogP contribution in [0.2, 0.25) is 0 Å². The molecule has 0 aromatic carbocycles. The minimum absolute atomic E-state index is 0.788. The summed E-state index contributed by atoms with van der Waals surface area (Å²) in [7, 11) is 0. The van der Waals surface area contributed by atoms with Gasteiger partial charge in [0.05, 0.1) is 0 Å². The molecule has 3 heteroatoms. The number of rotatable bonds is 8. The molecule has 1 aromatic rings. The van der Waals surface area contributed by atoms with Crippen molar-refractivity contribution in [3.63, 3.8) is 0 Å². The summed E-state index contributed by atoms with van der Waals surface area (Å²) in [6.07, 6.45) is 5.47. The van der Waals surface area contributed by atoms with E-state index in [0.29, 0.717) is 0 Å². The van der Waals surface area contributed by atoms with Gasteiger partial charge in [-0.2, -0.15) is 0 Å². The second-order valence-corrected chi connectivity index (χ2v) is 4.82. The van der Waals surface area contributed by atoms with Crippen molar-refractivity contribution < 1.29 is 0 Å². The van der Waals surface area contributed by atoms with Crippen molar-refractivity contribution >= 4 is 11.5 Å². The molecule has 1 heterocycles. The van der Waals surface area contributed by atoms with Crippen molar-refractivity contribution in [3.05, 3.63) is 18.3 Å². The Morgan fingerprint density at radius 3 is 2.76 bits per heavy atom. The van der Waals surface area contributed by atoms with Gasteiger partial charge in [0.15, 0.2) is 0 Å². The molecule has 0 aliphatic heterocycles. The summed E-state index contributed by atoms with van der Waals surface area (Å²) in [6.45, 7) is 8.69. The minimum Gasteiger partial charge on any atom is -0.385 e. The topological polar surface area (TPSA) is 37.0 Å². The Balaban J connectivity index is 2.32. The highest BCUT2D eigenvalue weighted by Gasteiger charge is 1.97. The number of hydrogen-bond donors (Lipinski definition) is 2. The Labute approximate surface area is 105 Å². The lowest BCUT2D eigenvalue weighted by molar-refractivity contribution is 0.567. The van der Waals surface area contributed by atoms with Gasteiger partial charge in [0.25, 0.3) is 0 Å². The van der Waals surface area contributed by atoms with E-state index in [1.165, 1.54) is 12.8 Å². The van der Waals surface area contributed by atoms with Crippen LogP contribution in [0.1, 0.15) is 40.0 Å².